The molecule has 38 heavy (non-hydrogen) atoms. The number of carbonyl (C=O) groups is 1. The first-order valence-electron chi connectivity index (χ1n) is 12.5. The van der Waals surface area contributed by atoms with Crippen LogP contribution in [-0.4, -0.2) is 102 Å². The van der Waals surface area contributed by atoms with Crippen molar-refractivity contribution in [1.82, 2.24) is 5.32 Å². The fraction of sp³-hybridized carbons (Fsp3) is 0.955. The quantitative estimate of drug-likeness (QED) is 0.0676. The van der Waals surface area contributed by atoms with E-state index in [-0.39, 0.29) is 50.3 Å². The van der Waals surface area contributed by atoms with Crippen LogP contribution in [0.25, 0.3) is 0 Å². The Bertz CT molecular complexity index is 766. The van der Waals surface area contributed by atoms with E-state index < -0.39 is 38.4 Å². The molecule has 0 heterocycles. The highest BCUT2D eigenvalue weighted by Gasteiger charge is 2.58. The van der Waals surface area contributed by atoms with E-state index in [1.807, 2.05) is 13.8 Å². The zero-order valence-corrected chi connectivity index (χ0v) is 25.5. The predicted octanol–water partition coefficient (Wildman–Crippen LogP) is 1.22. The summed E-state index contributed by atoms with van der Waals surface area (Å²) in [7, 11) is -11.0. The predicted molar refractivity (Wildman–Crippen MR) is 145 cm³/mol. The van der Waals surface area contributed by atoms with Crippen LogP contribution in [0.5, 0.6) is 0 Å². The molecule has 228 valence electrons. The molecule has 0 aliphatic rings. The van der Waals surface area contributed by atoms with Gasteiger partial charge in [0.1, 0.15) is 0 Å². The van der Waals surface area contributed by atoms with Crippen molar-refractivity contribution in [1.29, 1.82) is 0 Å². The molecule has 0 spiro atoms. The third-order valence-corrected chi connectivity index (χ3v) is 10.9. The molecule has 0 aromatic carbocycles. The molecule has 3 unspecified atom stereocenters. The number of aliphatic hydroxyl groups excluding tert-OH is 2. The normalized spacial score (nSPS) is 15.9. The van der Waals surface area contributed by atoms with Crippen molar-refractivity contribution in [2.24, 2.45) is 11.8 Å². The number of rotatable bonds is 21. The standard InChI is InChI=1S/C22H47NO12P2S/c1-16(2)17(3)19(35-21(4,5)13-18(25)14-24)15-34-10-12-38-11-7-20(26)23-9-6-8-22(27,36(28,29)30)37(31,32)33/h16-19,24-25,27H,6-15H2,1-5H3,(H,23,26)(H2,28,29,30)(H2,31,32,33). The van der Waals surface area contributed by atoms with Gasteiger partial charge in [0, 0.05) is 37.3 Å². The third kappa shape index (κ3) is 14.0. The van der Waals surface area contributed by atoms with Gasteiger partial charge in [-0.25, -0.2) is 0 Å². The second-order valence-electron chi connectivity index (χ2n) is 10.3. The zero-order valence-electron chi connectivity index (χ0n) is 22.9. The average Bonchev–Trinajstić information content (AvgIpc) is 2.77. The van der Waals surface area contributed by atoms with Crippen LogP contribution in [-0.2, 0) is 23.4 Å². The van der Waals surface area contributed by atoms with E-state index in [0.717, 1.165) is 0 Å². The summed E-state index contributed by atoms with van der Waals surface area (Å²) in [6.07, 6.45) is -1.75. The molecule has 13 nitrogen and oxygen atoms in total. The maximum atomic E-state index is 11.9. The molecule has 0 aromatic heterocycles. The Morgan fingerprint density at radius 2 is 1.63 bits per heavy atom. The van der Waals surface area contributed by atoms with Crippen LogP contribution in [0.4, 0.5) is 0 Å². The SMILES string of the molecule is CC(C)C(C)C(COCCSCCC(=O)NCCCC(O)(P(=O)(O)O)P(=O)(O)O)OC(C)(C)CC(O)CO. The van der Waals surface area contributed by atoms with Crippen LogP contribution < -0.4 is 5.32 Å². The Kier molecular flexibility index (Phi) is 17.0. The molecule has 16 heteroatoms. The molecule has 0 aliphatic carbocycles. The summed E-state index contributed by atoms with van der Waals surface area (Å²) in [5, 5.41) is 27.7. The van der Waals surface area contributed by atoms with Gasteiger partial charge in [-0.2, -0.15) is 11.8 Å². The number of hydrogen-bond acceptors (Lipinski definition) is 9. The minimum Gasteiger partial charge on any atom is -0.394 e. The Balaban J connectivity index is 4.34. The van der Waals surface area contributed by atoms with Crippen LogP contribution in [0.15, 0.2) is 0 Å². The highest BCUT2D eigenvalue weighted by molar-refractivity contribution is 7.99. The summed E-state index contributed by atoms with van der Waals surface area (Å²) < 4.78 is 34.7. The average molecular weight is 612 g/mol. The van der Waals surface area contributed by atoms with Crippen molar-refractivity contribution in [2.75, 3.05) is 37.9 Å². The lowest BCUT2D eigenvalue weighted by Gasteiger charge is -2.36. The van der Waals surface area contributed by atoms with E-state index in [9.17, 15) is 24.1 Å². The van der Waals surface area contributed by atoms with Gasteiger partial charge in [-0.3, -0.25) is 13.9 Å². The van der Waals surface area contributed by atoms with E-state index in [0.29, 0.717) is 30.6 Å². The van der Waals surface area contributed by atoms with Crippen molar-refractivity contribution < 1.29 is 58.3 Å². The topological polar surface area (TPSA) is 223 Å². The van der Waals surface area contributed by atoms with Gasteiger partial charge in [0.25, 0.3) is 5.08 Å². The molecule has 0 aromatic rings. The second kappa shape index (κ2) is 17.0. The lowest BCUT2D eigenvalue weighted by atomic mass is 9.91. The van der Waals surface area contributed by atoms with Gasteiger partial charge < -0.3 is 49.7 Å². The van der Waals surface area contributed by atoms with Crippen LogP contribution in [0, 0.1) is 11.8 Å². The fourth-order valence-corrected chi connectivity index (χ4v) is 6.53. The maximum absolute atomic E-state index is 11.9. The molecule has 0 aliphatic heterocycles. The molecular formula is C22H47NO12P2S. The minimum atomic E-state index is -5.50. The molecule has 0 rings (SSSR count). The molecule has 0 saturated heterocycles. The number of amides is 1. The number of thioether (sulfide) groups is 1. The van der Waals surface area contributed by atoms with Crippen molar-refractivity contribution in [2.45, 2.75) is 83.2 Å². The van der Waals surface area contributed by atoms with Gasteiger partial charge in [-0.05, 0) is 32.1 Å². The molecule has 3 atom stereocenters. The Hall–Kier alpha value is -0.0800. The first-order chi connectivity index (χ1) is 17.3. The van der Waals surface area contributed by atoms with E-state index in [1.54, 1.807) is 0 Å². The van der Waals surface area contributed by atoms with Crippen molar-refractivity contribution in [3.05, 3.63) is 0 Å². The number of carbonyl (C=O) groups excluding carboxylic acids is 1. The lowest BCUT2D eigenvalue weighted by Crippen LogP contribution is -2.41. The number of hydrogen-bond donors (Lipinski definition) is 8. The van der Waals surface area contributed by atoms with E-state index in [1.165, 1.54) is 11.8 Å². The van der Waals surface area contributed by atoms with Gasteiger partial charge in [-0.15, -0.1) is 0 Å². The van der Waals surface area contributed by atoms with Crippen molar-refractivity contribution >= 4 is 32.9 Å². The summed E-state index contributed by atoms with van der Waals surface area (Å²) in [6, 6.07) is 0. The summed E-state index contributed by atoms with van der Waals surface area (Å²) in [6.45, 7) is 10.3. The fourth-order valence-electron chi connectivity index (χ4n) is 3.50. The van der Waals surface area contributed by atoms with Crippen molar-refractivity contribution in [3.8, 4) is 0 Å². The van der Waals surface area contributed by atoms with Crippen LogP contribution in [0.1, 0.15) is 60.3 Å². The summed E-state index contributed by atoms with van der Waals surface area (Å²) >= 11 is 1.49. The smallest absolute Gasteiger partial charge is 0.369 e. The van der Waals surface area contributed by atoms with Crippen LogP contribution in [0.2, 0.25) is 0 Å². The highest BCUT2D eigenvalue weighted by atomic mass is 32.2. The molecule has 0 radical (unpaired) electrons. The van der Waals surface area contributed by atoms with Crippen LogP contribution >= 0.6 is 27.0 Å². The summed E-state index contributed by atoms with van der Waals surface area (Å²) in [5.74, 6) is 1.30. The maximum Gasteiger partial charge on any atom is 0.369 e. The van der Waals surface area contributed by atoms with Crippen LogP contribution in [0.3, 0.4) is 0 Å². The first kappa shape index (κ1) is 37.9. The molecule has 0 saturated carbocycles. The molecule has 0 bridgehead atoms. The number of aliphatic hydroxyl groups is 3. The first-order valence-corrected chi connectivity index (χ1v) is 16.9. The second-order valence-corrected chi connectivity index (χ2v) is 15.5. The van der Waals surface area contributed by atoms with Gasteiger partial charge in [-0.1, -0.05) is 20.8 Å². The van der Waals surface area contributed by atoms with Gasteiger partial charge in [0.2, 0.25) is 5.91 Å². The largest absolute Gasteiger partial charge is 0.394 e. The molecule has 1 amide bonds. The monoisotopic (exact) mass is 611 g/mol. The highest BCUT2D eigenvalue weighted by Crippen LogP contribution is 2.69. The molecule has 8 N–H and O–H groups in total. The van der Waals surface area contributed by atoms with E-state index in [2.05, 4.69) is 26.1 Å². The number of nitrogens with one attached hydrogen (secondary N) is 1. The Morgan fingerprint density at radius 3 is 2.13 bits per heavy atom. The lowest BCUT2D eigenvalue weighted by molar-refractivity contribution is -0.141. The van der Waals surface area contributed by atoms with Crippen molar-refractivity contribution in [3.63, 3.8) is 0 Å². The van der Waals surface area contributed by atoms with Gasteiger partial charge in [0.05, 0.1) is 37.6 Å². The summed E-state index contributed by atoms with van der Waals surface area (Å²) in [4.78, 5) is 48.3. The summed E-state index contributed by atoms with van der Waals surface area (Å²) in [5.41, 5.74) is -0.647. The Morgan fingerprint density at radius 1 is 1.05 bits per heavy atom. The van der Waals surface area contributed by atoms with E-state index >= 15 is 0 Å². The molecular weight excluding hydrogens is 564 g/mol. The number of ether oxygens (including phenoxy) is 2. The van der Waals surface area contributed by atoms with E-state index in [4.69, 9.17) is 34.2 Å². The minimum absolute atomic E-state index is 0.115. The third-order valence-electron chi connectivity index (χ3n) is 6.12. The van der Waals surface area contributed by atoms with Gasteiger partial charge in [0.15, 0.2) is 0 Å². The Labute approximate surface area is 229 Å². The zero-order chi connectivity index (χ0) is 29.8. The van der Waals surface area contributed by atoms with Gasteiger partial charge >= 0.3 is 15.2 Å². The molecule has 0 fully saturated rings.